The van der Waals surface area contributed by atoms with Crippen molar-refractivity contribution in [1.82, 2.24) is 0 Å². The lowest BCUT2D eigenvalue weighted by Gasteiger charge is -2.08. The van der Waals surface area contributed by atoms with Gasteiger partial charge in [0, 0.05) is 10.1 Å². The van der Waals surface area contributed by atoms with Gasteiger partial charge in [-0.3, -0.25) is 4.79 Å². The van der Waals surface area contributed by atoms with Crippen LogP contribution in [-0.4, -0.2) is 18.5 Å². The van der Waals surface area contributed by atoms with Crippen molar-refractivity contribution in [2.24, 2.45) is 0 Å². The Morgan fingerprint density at radius 2 is 1.92 bits per heavy atom. The smallest absolute Gasteiger partial charge is 0.341 e. The predicted molar refractivity (Wildman–Crippen MR) is 97.1 cm³/mol. The number of fused-ring (bicyclic) bond motifs is 1. The molecular formula is C18H13ClFNO3S. The molecule has 1 amide bonds. The van der Waals surface area contributed by atoms with Crippen molar-refractivity contribution in [3.8, 4) is 0 Å². The summed E-state index contributed by atoms with van der Waals surface area (Å²) in [5.41, 5.74) is -0.0142. The summed E-state index contributed by atoms with van der Waals surface area (Å²) in [4.78, 5) is 24.8. The monoisotopic (exact) mass is 377 g/mol. The van der Waals surface area contributed by atoms with Crippen molar-refractivity contribution >= 4 is 49.9 Å². The third kappa shape index (κ3) is 3.36. The van der Waals surface area contributed by atoms with Crippen LogP contribution in [0.4, 0.5) is 9.39 Å². The number of ether oxygens (including phenoxy) is 1. The molecule has 3 aromatic rings. The van der Waals surface area contributed by atoms with Crippen LogP contribution in [0.1, 0.15) is 27.6 Å². The van der Waals surface area contributed by atoms with Crippen LogP contribution in [0.3, 0.4) is 0 Å². The van der Waals surface area contributed by atoms with Crippen molar-refractivity contribution in [2.45, 2.75) is 6.92 Å². The summed E-state index contributed by atoms with van der Waals surface area (Å²) in [5, 5.41) is 3.55. The second-order valence-corrected chi connectivity index (χ2v) is 6.53. The van der Waals surface area contributed by atoms with E-state index in [9.17, 15) is 14.0 Å². The molecule has 0 bridgehead atoms. The van der Waals surface area contributed by atoms with E-state index in [0.29, 0.717) is 10.4 Å². The number of hydrogen-bond acceptors (Lipinski definition) is 4. The van der Waals surface area contributed by atoms with E-state index < -0.39 is 17.7 Å². The Kier molecular flexibility index (Phi) is 5.01. The Balaban J connectivity index is 2.05. The SMILES string of the molecule is CCOC(=O)c1c(NC(=O)c2c(F)cccc2Cl)sc2ccccc12. The van der Waals surface area contributed by atoms with Gasteiger partial charge in [0.1, 0.15) is 16.4 Å². The Bertz CT molecular complexity index is 950. The van der Waals surface area contributed by atoms with Crippen molar-refractivity contribution in [1.29, 1.82) is 0 Å². The maximum absolute atomic E-state index is 14.0. The molecule has 7 heteroatoms. The van der Waals surface area contributed by atoms with Crippen LogP contribution in [0.15, 0.2) is 42.5 Å². The number of thiophene rings is 1. The summed E-state index contributed by atoms with van der Waals surface area (Å²) in [6, 6.07) is 11.2. The van der Waals surface area contributed by atoms with Crippen LogP contribution in [0.5, 0.6) is 0 Å². The van der Waals surface area contributed by atoms with Crippen molar-refractivity contribution in [2.75, 3.05) is 11.9 Å². The molecule has 128 valence electrons. The van der Waals surface area contributed by atoms with Crippen LogP contribution >= 0.6 is 22.9 Å². The van der Waals surface area contributed by atoms with E-state index in [1.165, 1.54) is 23.5 Å². The Hall–Kier alpha value is -2.44. The topological polar surface area (TPSA) is 55.4 Å². The zero-order valence-corrected chi connectivity index (χ0v) is 14.7. The minimum Gasteiger partial charge on any atom is -0.462 e. The number of carbonyl (C=O) groups is 2. The molecule has 0 saturated heterocycles. The van der Waals surface area contributed by atoms with Crippen LogP contribution in [0, 0.1) is 5.82 Å². The number of rotatable bonds is 4. The van der Waals surface area contributed by atoms with Crippen molar-refractivity contribution in [3.63, 3.8) is 0 Å². The minimum absolute atomic E-state index is 0.00343. The number of benzene rings is 2. The van der Waals surface area contributed by atoms with E-state index in [2.05, 4.69) is 5.32 Å². The second kappa shape index (κ2) is 7.21. The normalized spacial score (nSPS) is 10.7. The number of amides is 1. The number of carbonyl (C=O) groups excluding carboxylic acids is 2. The lowest BCUT2D eigenvalue weighted by atomic mass is 10.1. The molecule has 1 heterocycles. The molecule has 0 aliphatic rings. The zero-order chi connectivity index (χ0) is 18.0. The van der Waals surface area contributed by atoms with Crippen LogP contribution < -0.4 is 5.32 Å². The quantitative estimate of drug-likeness (QED) is 0.642. The van der Waals surface area contributed by atoms with Gasteiger partial charge in [-0.25, -0.2) is 9.18 Å². The lowest BCUT2D eigenvalue weighted by molar-refractivity contribution is 0.0530. The van der Waals surface area contributed by atoms with Gasteiger partial charge in [-0.15, -0.1) is 11.3 Å². The standard InChI is InChI=1S/C18H13ClFNO3S/c1-2-24-18(23)14-10-6-3-4-9-13(10)25-17(14)21-16(22)15-11(19)7-5-8-12(15)20/h3-9H,2H2,1H3,(H,21,22). The summed E-state index contributed by atoms with van der Waals surface area (Å²) in [7, 11) is 0. The molecule has 1 N–H and O–H groups in total. The fourth-order valence-electron chi connectivity index (χ4n) is 2.42. The van der Waals surface area contributed by atoms with Gasteiger partial charge in [-0.1, -0.05) is 35.9 Å². The molecule has 0 spiro atoms. The third-order valence-electron chi connectivity index (χ3n) is 3.49. The van der Waals surface area contributed by atoms with Gasteiger partial charge >= 0.3 is 5.97 Å². The molecule has 0 atom stereocenters. The summed E-state index contributed by atoms with van der Waals surface area (Å²) >= 11 is 7.15. The third-order valence-corrected chi connectivity index (χ3v) is 4.89. The maximum Gasteiger partial charge on any atom is 0.341 e. The fraction of sp³-hybridized carbons (Fsp3) is 0.111. The number of nitrogens with one attached hydrogen (secondary N) is 1. The van der Waals surface area contributed by atoms with E-state index in [4.69, 9.17) is 16.3 Å². The molecule has 0 aliphatic heterocycles. The van der Waals surface area contributed by atoms with Gasteiger partial charge < -0.3 is 10.1 Å². The fourth-order valence-corrected chi connectivity index (χ4v) is 3.75. The molecule has 0 aliphatic carbocycles. The zero-order valence-electron chi connectivity index (χ0n) is 13.1. The molecule has 3 rings (SSSR count). The Morgan fingerprint density at radius 3 is 2.64 bits per heavy atom. The number of halogens is 2. The van der Waals surface area contributed by atoms with Gasteiger partial charge in [-0.2, -0.15) is 0 Å². The molecule has 4 nitrogen and oxygen atoms in total. The van der Waals surface area contributed by atoms with E-state index >= 15 is 0 Å². The van der Waals surface area contributed by atoms with Crippen molar-refractivity contribution < 1.29 is 18.7 Å². The first-order chi connectivity index (χ1) is 12.0. The highest BCUT2D eigenvalue weighted by Gasteiger charge is 2.23. The van der Waals surface area contributed by atoms with Gasteiger partial charge in [0.25, 0.3) is 5.91 Å². The van der Waals surface area contributed by atoms with E-state index in [1.807, 2.05) is 12.1 Å². The first-order valence-electron chi connectivity index (χ1n) is 7.47. The summed E-state index contributed by atoms with van der Waals surface area (Å²) in [5.74, 6) is -2.00. The molecule has 0 fully saturated rings. The predicted octanol–water partition coefficient (Wildman–Crippen LogP) is 5.12. The van der Waals surface area contributed by atoms with Crippen LogP contribution in [0.25, 0.3) is 10.1 Å². The van der Waals surface area contributed by atoms with E-state index in [1.54, 1.807) is 19.1 Å². The molecule has 25 heavy (non-hydrogen) atoms. The van der Waals surface area contributed by atoms with Gasteiger partial charge in [-0.05, 0) is 25.1 Å². The number of esters is 1. The largest absolute Gasteiger partial charge is 0.462 e. The first kappa shape index (κ1) is 17.4. The minimum atomic E-state index is -0.733. The lowest BCUT2D eigenvalue weighted by Crippen LogP contribution is -2.16. The van der Waals surface area contributed by atoms with Crippen molar-refractivity contribution in [3.05, 3.63) is 64.4 Å². The highest BCUT2D eigenvalue weighted by Crippen LogP contribution is 2.36. The summed E-state index contributed by atoms with van der Waals surface area (Å²) in [6.45, 7) is 1.90. The van der Waals surface area contributed by atoms with Gasteiger partial charge in [0.05, 0.1) is 17.2 Å². The first-order valence-corrected chi connectivity index (χ1v) is 8.66. The summed E-state index contributed by atoms with van der Waals surface area (Å²) in [6.07, 6.45) is 0. The van der Waals surface area contributed by atoms with Crippen LogP contribution in [-0.2, 0) is 4.74 Å². The number of anilines is 1. The molecule has 2 aromatic carbocycles. The highest BCUT2D eigenvalue weighted by molar-refractivity contribution is 7.23. The van der Waals surface area contributed by atoms with Gasteiger partial charge in [0.2, 0.25) is 0 Å². The average Bonchev–Trinajstić information content (AvgIpc) is 2.92. The Morgan fingerprint density at radius 1 is 1.16 bits per heavy atom. The van der Waals surface area contributed by atoms with Gasteiger partial charge in [0.15, 0.2) is 0 Å². The van der Waals surface area contributed by atoms with E-state index in [0.717, 1.165) is 10.8 Å². The van der Waals surface area contributed by atoms with Crippen LogP contribution in [0.2, 0.25) is 5.02 Å². The molecule has 0 unspecified atom stereocenters. The molecule has 1 aromatic heterocycles. The molecular weight excluding hydrogens is 365 g/mol. The average molecular weight is 378 g/mol. The molecule has 0 saturated carbocycles. The molecule has 0 radical (unpaired) electrons. The Labute approximate surface area is 152 Å². The second-order valence-electron chi connectivity index (χ2n) is 5.07. The highest BCUT2D eigenvalue weighted by atomic mass is 35.5. The van der Waals surface area contributed by atoms with E-state index in [-0.39, 0.29) is 22.8 Å². The maximum atomic E-state index is 14.0. The summed E-state index contributed by atoms with van der Waals surface area (Å²) < 4.78 is 19.8. The number of hydrogen-bond donors (Lipinski definition) is 1.